The minimum absolute atomic E-state index is 0.0330. The molecule has 11 nitrogen and oxygen atoms in total. The molecule has 3 aromatic carbocycles. The largest absolute Gasteiger partial charge is 0.516 e. The van der Waals surface area contributed by atoms with Crippen molar-refractivity contribution in [3.05, 3.63) is 93.9 Å². The Bertz CT molecular complexity index is 2080. The first-order valence-electron chi connectivity index (χ1n) is 17.8. The van der Waals surface area contributed by atoms with Crippen molar-refractivity contribution in [1.82, 2.24) is 0 Å². The number of nitrogens with zero attached hydrogens (tertiary/aromatic N) is 4. The standard InChI is InChI=1S/C39H42F3N5O6S2/c1-5-9-11-26-13-17-28(18-14-26)47(29-19-15-27(16-20-29)12-10-6-2)30-21-22-32(33(24-30)46-55(50,51)39(40,41)42)44-45-36-34(37(48)52-8-4)31(25-43)35(54-36)38(49)53-23-7-3/h13-22,24,46H,5-12,23H2,1-4H3. The molecule has 0 aliphatic heterocycles. The van der Waals surface area contributed by atoms with E-state index in [9.17, 15) is 36.4 Å². The number of nitrogens with one attached hydrogen (secondary N) is 1. The number of sulfonamides is 1. The van der Waals surface area contributed by atoms with Crippen LogP contribution in [0.1, 0.15) is 96.5 Å². The monoisotopic (exact) mass is 797 g/mol. The van der Waals surface area contributed by atoms with Crippen molar-refractivity contribution in [3.8, 4) is 6.07 Å². The number of ether oxygens (including phenoxy) is 2. The summed E-state index contributed by atoms with van der Waals surface area (Å²) < 4.78 is 78.2. The van der Waals surface area contributed by atoms with Crippen LogP contribution in [0.3, 0.4) is 0 Å². The number of anilines is 4. The number of carbonyl (C=O) groups excluding carboxylic acids is 2. The van der Waals surface area contributed by atoms with E-state index in [0.717, 1.165) is 49.7 Å². The molecule has 0 saturated heterocycles. The molecule has 0 saturated carbocycles. The van der Waals surface area contributed by atoms with Crippen molar-refractivity contribution < 1.29 is 40.7 Å². The minimum atomic E-state index is -5.96. The molecule has 1 N–H and O–H groups in total. The van der Waals surface area contributed by atoms with Crippen LogP contribution < -0.4 is 9.62 Å². The molecule has 0 radical (unpaired) electrons. The SMILES string of the molecule is CCCCc1ccc(N(c2ccc(CCCC)cc2)c2ccc(N=Nc3sc(C(=O)OCCC)c(C#N)c3C(=O)OCC)c(NS(=O)(=O)C(F)(F)F)c2)cc1. The normalized spacial score (nSPS) is 11.7. The third-order valence-corrected chi connectivity index (χ3v) is 10.3. The van der Waals surface area contributed by atoms with Crippen molar-refractivity contribution in [2.75, 3.05) is 22.8 Å². The minimum Gasteiger partial charge on any atom is -0.462 e. The second kappa shape index (κ2) is 19.4. The Hall–Kier alpha value is -5.27. The van der Waals surface area contributed by atoms with Gasteiger partial charge in [-0.05, 0) is 92.6 Å². The van der Waals surface area contributed by atoms with Gasteiger partial charge in [0.15, 0.2) is 5.00 Å². The van der Waals surface area contributed by atoms with Gasteiger partial charge in [-0.2, -0.15) is 26.9 Å². The smallest absolute Gasteiger partial charge is 0.462 e. The third kappa shape index (κ3) is 10.7. The van der Waals surface area contributed by atoms with Crippen molar-refractivity contribution >= 4 is 66.7 Å². The number of hydrogen-bond acceptors (Lipinski definition) is 11. The van der Waals surface area contributed by atoms with Crippen LogP contribution in [-0.4, -0.2) is 39.1 Å². The van der Waals surface area contributed by atoms with Crippen molar-refractivity contribution in [2.45, 2.75) is 78.1 Å². The van der Waals surface area contributed by atoms with Gasteiger partial charge in [-0.1, -0.05) is 57.9 Å². The van der Waals surface area contributed by atoms with Crippen LogP contribution in [-0.2, 0) is 32.3 Å². The molecule has 0 spiro atoms. The molecule has 1 aromatic heterocycles. The number of halogens is 3. The molecule has 0 fully saturated rings. The highest BCUT2D eigenvalue weighted by molar-refractivity contribution is 7.93. The lowest BCUT2D eigenvalue weighted by molar-refractivity contribution is -0.0429. The molecular formula is C39H42F3N5O6S2. The van der Waals surface area contributed by atoms with Gasteiger partial charge >= 0.3 is 27.5 Å². The van der Waals surface area contributed by atoms with Gasteiger partial charge in [0, 0.05) is 17.1 Å². The summed E-state index contributed by atoms with van der Waals surface area (Å²) in [7, 11) is -5.96. The highest BCUT2D eigenvalue weighted by Crippen LogP contribution is 2.42. The molecule has 0 unspecified atom stereocenters. The van der Waals surface area contributed by atoms with Gasteiger partial charge in [-0.25, -0.2) is 9.59 Å². The predicted octanol–water partition coefficient (Wildman–Crippen LogP) is 11.2. The van der Waals surface area contributed by atoms with Crippen LogP contribution >= 0.6 is 11.3 Å². The molecule has 16 heteroatoms. The Kier molecular flexibility index (Phi) is 14.9. The number of azo groups is 1. The fourth-order valence-corrected chi connectivity index (χ4v) is 6.88. The van der Waals surface area contributed by atoms with E-state index in [-0.39, 0.29) is 40.0 Å². The van der Waals surface area contributed by atoms with Crippen LogP contribution in [0.4, 0.5) is 46.6 Å². The van der Waals surface area contributed by atoms with Gasteiger partial charge in [-0.3, -0.25) is 4.72 Å². The summed E-state index contributed by atoms with van der Waals surface area (Å²) in [5, 5.41) is 17.7. The predicted molar refractivity (Wildman–Crippen MR) is 207 cm³/mol. The summed E-state index contributed by atoms with van der Waals surface area (Å²) in [6.07, 6.45) is 6.24. The molecular weight excluding hydrogens is 756 g/mol. The van der Waals surface area contributed by atoms with Gasteiger partial charge in [0.25, 0.3) is 0 Å². The Morgan fingerprint density at radius 3 is 1.87 bits per heavy atom. The Balaban J connectivity index is 1.90. The Morgan fingerprint density at radius 2 is 1.38 bits per heavy atom. The van der Waals surface area contributed by atoms with Crippen molar-refractivity contribution in [1.29, 1.82) is 5.26 Å². The van der Waals surface area contributed by atoms with Crippen molar-refractivity contribution in [3.63, 3.8) is 0 Å². The van der Waals surface area contributed by atoms with E-state index in [1.54, 1.807) is 22.6 Å². The number of nitriles is 1. The van der Waals surface area contributed by atoms with E-state index in [0.29, 0.717) is 29.1 Å². The van der Waals surface area contributed by atoms with Crippen LogP contribution in [0.2, 0.25) is 0 Å². The molecule has 0 bridgehead atoms. The summed E-state index contributed by atoms with van der Waals surface area (Å²) in [6, 6.07) is 21.2. The van der Waals surface area contributed by atoms with E-state index in [1.165, 1.54) is 25.1 Å². The number of aryl methyl sites for hydroxylation is 2. The lowest BCUT2D eigenvalue weighted by atomic mass is 10.1. The summed E-state index contributed by atoms with van der Waals surface area (Å²) in [4.78, 5) is 27.3. The van der Waals surface area contributed by atoms with E-state index in [2.05, 4.69) is 24.1 Å². The van der Waals surface area contributed by atoms with E-state index in [4.69, 9.17) is 9.47 Å². The Labute approximate surface area is 322 Å². The first-order chi connectivity index (χ1) is 26.3. The van der Waals surface area contributed by atoms with Crippen LogP contribution in [0.15, 0.2) is 77.0 Å². The van der Waals surface area contributed by atoms with Gasteiger partial charge in [0.1, 0.15) is 22.2 Å². The maximum Gasteiger partial charge on any atom is 0.516 e. The number of hydrogen-bond donors (Lipinski definition) is 1. The first-order valence-corrected chi connectivity index (χ1v) is 20.1. The van der Waals surface area contributed by atoms with E-state index in [1.807, 2.05) is 48.5 Å². The van der Waals surface area contributed by atoms with E-state index >= 15 is 0 Å². The maximum atomic E-state index is 13.8. The molecule has 0 aliphatic rings. The van der Waals surface area contributed by atoms with Gasteiger partial charge in [0.05, 0.1) is 24.5 Å². The molecule has 292 valence electrons. The number of esters is 2. The van der Waals surface area contributed by atoms with Gasteiger partial charge < -0.3 is 14.4 Å². The lowest BCUT2D eigenvalue weighted by Crippen LogP contribution is -2.30. The molecule has 55 heavy (non-hydrogen) atoms. The molecule has 1 heterocycles. The second-order valence-electron chi connectivity index (χ2n) is 12.3. The molecule has 0 aliphatic carbocycles. The zero-order chi connectivity index (χ0) is 40.2. The number of benzene rings is 3. The quantitative estimate of drug-likeness (QED) is 0.0772. The van der Waals surface area contributed by atoms with Gasteiger partial charge in [0.2, 0.25) is 0 Å². The summed E-state index contributed by atoms with van der Waals surface area (Å²) in [6.45, 7) is 7.43. The number of thiophene rings is 1. The number of alkyl halides is 3. The molecule has 4 aromatic rings. The average molecular weight is 798 g/mol. The topological polar surface area (TPSA) is 151 Å². The Morgan fingerprint density at radius 1 is 0.818 bits per heavy atom. The van der Waals surface area contributed by atoms with Crippen LogP contribution in [0, 0.1) is 11.3 Å². The van der Waals surface area contributed by atoms with E-state index < -0.39 is 38.7 Å². The van der Waals surface area contributed by atoms with Crippen LogP contribution in [0.25, 0.3) is 0 Å². The highest BCUT2D eigenvalue weighted by Gasteiger charge is 2.46. The number of carbonyl (C=O) groups is 2. The molecule has 0 atom stereocenters. The third-order valence-electron chi connectivity index (χ3n) is 8.17. The summed E-state index contributed by atoms with van der Waals surface area (Å²) in [5.74, 6) is -1.89. The highest BCUT2D eigenvalue weighted by atomic mass is 32.2. The average Bonchev–Trinajstić information content (AvgIpc) is 3.54. The fourth-order valence-electron chi connectivity index (χ4n) is 5.36. The number of unbranched alkanes of at least 4 members (excludes halogenated alkanes) is 2. The first kappa shape index (κ1) is 42.5. The zero-order valence-corrected chi connectivity index (χ0v) is 32.5. The number of rotatable bonds is 18. The van der Waals surface area contributed by atoms with Crippen molar-refractivity contribution in [2.24, 2.45) is 10.2 Å². The zero-order valence-electron chi connectivity index (χ0n) is 30.9. The summed E-state index contributed by atoms with van der Waals surface area (Å²) >= 11 is 0.595. The molecule has 4 rings (SSSR count). The van der Waals surface area contributed by atoms with Crippen LogP contribution in [0.5, 0.6) is 0 Å². The lowest BCUT2D eigenvalue weighted by Gasteiger charge is -2.27. The second-order valence-corrected chi connectivity index (χ2v) is 15.0. The maximum absolute atomic E-state index is 13.8. The molecule has 0 amide bonds. The summed E-state index contributed by atoms with van der Waals surface area (Å²) in [5.41, 5.74) is -3.58. The fraction of sp³-hybridized carbons (Fsp3) is 0.359. The van der Waals surface area contributed by atoms with Gasteiger partial charge in [-0.15, -0.1) is 21.6 Å².